The standard InChI is InChI=1S/C10H15N5/c1-3-15(4-2)7-8-6-13-10(12)9(5-11)14-8/h6H,3-4,7H2,1-2H3,(H2,12,13). The molecule has 0 aliphatic heterocycles. The van der Waals surface area contributed by atoms with Crippen LogP contribution in [0.2, 0.25) is 0 Å². The fourth-order valence-corrected chi connectivity index (χ4v) is 1.27. The summed E-state index contributed by atoms with van der Waals surface area (Å²) >= 11 is 0. The van der Waals surface area contributed by atoms with Gasteiger partial charge >= 0.3 is 0 Å². The summed E-state index contributed by atoms with van der Waals surface area (Å²) < 4.78 is 0. The third-order valence-corrected chi connectivity index (χ3v) is 2.24. The van der Waals surface area contributed by atoms with E-state index in [1.807, 2.05) is 6.07 Å². The average Bonchev–Trinajstić information content (AvgIpc) is 2.28. The Bertz CT molecular complexity index is 365. The van der Waals surface area contributed by atoms with Gasteiger partial charge in [0.1, 0.15) is 6.07 Å². The van der Waals surface area contributed by atoms with Crippen molar-refractivity contribution in [2.24, 2.45) is 0 Å². The van der Waals surface area contributed by atoms with Crippen molar-refractivity contribution in [1.82, 2.24) is 14.9 Å². The maximum atomic E-state index is 8.75. The molecule has 0 aromatic carbocycles. The van der Waals surface area contributed by atoms with Gasteiger partial charge in [0, 0.05) is 6.54 Å². The Balaban J connectivity index is 2.83. The van der Waals surface area contributed by atoms with Crippen LogP contribution in [0.1, 0.15) is 25.2 Å². The molecule has 1 aromatic heterocycles. The first kappa shape index (κ1) is 11.4. The van der Waals surface area contributed by atoms with Gasteiger partial charge in [-0.05, 0) is 13.1 Å². The molecule has 0 amide bonds. The van der Waals surface area contributed by atoms with E-state index in [0.717, 1.165) is 18.8 Å². The number of nitrogens with two attached hydrogens (primary N) is 1. The van der Waals surface area contributed by atoms with Crippen LogP contribution in [0.5, 0.6) is 0 Å². The molecule has 2 N–H and O–H groups in total. The van der Waals surface area contributed by atoms with Crippen LogP contribution in [0.4, 0.5) is 5.82 Å². The first-order valence-electron chi connectivity index (χ1n) is 4.95. The summed E-state index contributed by atoms with van der Waals surface area (Å²) in [6.07, 6.45) is 1.62. The Kier molecular flexibility index (Phi) is 4.01. The largest absolute Gasteiger partial charge is 0.381 e. The highest BCUT2D eigenvalue weighted by Crippen LogP contribution is 2.06. The van der Waals surface area contributed by atoms with Crippen molar-refractivity contribution >= 4 is 5.82 Å². The molecule has 5 nitrogen and oxygen atoms in total. The molecule has 0 unspecified atom stereocenters. The number of anilines is 1. The summed E-state index contributed by atoms with van der Waals surface area (Å²) in [6, 6.07) is 1.93. The Labute approximate surface area is 89.6 Å². The SMILES string of the molecule is CCN(CC)Cc1cnc(N)c(C#N)n1. The Morgan fingerprint density at radius 3 is 2.67 bits per heavy atom. The zero-order valence-corrected chi connectivity index (χ0v) is 9.06. The first-order valence-corrected chi connectivity index (χ1v) is 4.95. The molecule has 5 heteroatoms. The summed E-state index contributed by atoms with van der Waals surface area (Å²) in [6.45, 7) is 6.77. The number of hydrogen-bond donors (Lipinski definition) is 1. The number of rotatable bonds is 4. The Hall–Kier alpha value is -1.67. The van der Waals surface area contributed by atoms with Crippen LogP contribution in [0.15, 0.2) is 6.20 Å². The molecular formula is C10H15N5. The zero-order chi connectivity index (χ0) is 11.3. The lowest BCUT2D eigenvalue weighted by Crippen LogP contribution is -2.23. The lowest BCUT2D eigenvalue weighted by molar-refractivity contribution is 0.292. The molecule has 0 aliphatic carbocycles. The van der Waals surface area contributed by atoms with Crippen molar-refractivity contribution in [2.45, 2.75) is 20.4 Å². The van der Waals surface area contributed by atoms with E-state index >= 15 is 0 Å². The monoisotopic (exact) mass is 205 g/mol. The summed E-state index contributed by atoms with van der Waals surface area (Å²) in [5, 5.41) is 8.75. The number of nitrogens with zero attached hydrogens (tertiary/aromatic N) is 4. The molecule has 0 radical (unpaired) electrons. The molecule has 1 heterocycles. The minimum absolute atomic E-state index is 0.195. The Morgan fingerprint density at radius 2 is 2.13 bits per heavy atom. The van der Waals surface area contributed by atoms with E-state index in [2.05, 4.69) is 28.7 Å². The second-order valence-corrected chi connectivity index (χ2v) is 3.17. The van der Waals surface area contributed by atoms with Crippen molar-refractivity contribution in [3.8, 4) is 6.07 Å². The smallest absolute Gasteiger partial charge is 0.183 e. The first-order chi connectivity index (χ1) is 7.21. The van der Waals surface area contributed by atoms with Crippen LogP contribution < -0.4 is 5.73 Å². The molecule has 15 heavy (non-hydrogen) atoms. The van der Waals surface area contributed by atoms with E-state index in [9.17, 15) is 0 Å². The van der Waals surface area contributed by atoms with E-state index in [1.54, 1.807) is 6.20 Å². The molecule has 0 spiro atoms. The molecule has 0 bridgehead atoms. The van der Waals surface area contributed by atoms with Gasteiger partial charge in [-0.25, -0.2) is 9.97 Å². The van der Waals surface area contributed by atoms with Crippen molar-refractivity contribution in [2.75, 3.05) is 18.8 Å². The van der Waals surface area contributed by atoms with Gasteiger partial charge < -0.3 is 5.73 Å². The minimum atomic E-state index is 0.195. The van der Waals surface area contributed by atoms with Gasteiger partial charge in [0.25, 0.3) is 0 Å². The number of nitriles is 1. The lowest BCUT2D eigenvalue weighted by atomic mass is 10.3. The second kappa shape index (κ2) is 5.27. The van der Waals surface area contributed by atoms with Crippen LogP contribution in [-0.2, 0) is 6.54 Å². The highest BCUT2D eigenvalue weighted by atomic mass is 15.1. The van der Waals surface area contributed by atoms with Gasteiger partial charge in [-0.1, -0.05) is 13.8 Å². The van der Waals surface area contributed by atoms with E-state index in [0.29, 0.717) is 6.54 Å². The van der Waals surface area contributed by atoms with Gasteiger partial charge in [0.05, 0.1) is 11.9 Å². The highest BCUT2D eigenvalue weighted by molar-refractivity contribution is 5.42. The maximum absolute atomic E-state index is 8.75. The highest BCUT2D eigenvalue weighted by Gasteiger charge is 2.06. The van der Waals surface area contributed by atoms with Gasteiger partial charge in [-0.15, -0.1) is 0 Å². The van der Waals surface area contributed by atoms with Crippen molar-refractivity contribution in [3.63, 3.8) is 0 Å². The van der Waals surface area contributed by atoms with Gasteiger partial charge in [-0.3, -0.25) is 4.90 Å². The summed E-state index contributed by atoms with van der Waals surface area (Å²) in [5.41, 5.74) is 6.48. The third kappa shape index (κ3) is 2.89. The quantitative estimate of drug-likeness (QED) is 0.785. The van der Waals surface area contributed by atoms with Crippen LogP contribution in [-0.4, -0.2) is 28.0 Å². The summed E-state index contributed by atoms with van der Waals surface area (Å²) in [7, 11) is 0. The summed E-state index contributed by atoms with van der Waals surface area (Å²) in [5.74, 6) is 0.195. The van der Waals surface area contributed by atoms with Crippen LogP contribution >= 0.6 is 0 Å². The molecule has 0 saturated carbocycles. The van der Waals surface area contributed by atoms with Crippen LogP contribution in [0.25, 0.3) is 0 Å². The van der Waals surface area contributed by atoms with Gasteiger partial charge in [-0.2, -0.15) is 5.26 Å². The molecule has 0 atom stereocenters. The van der Waals surface area contributed by atoms with E-state index < -0.39 is 0 Å². The number of nitrogen functional groups attached to an aromatic ring is 1. The molecular weight excluding hydrogens is 190 g/mol. The van der Waals surface area contributed by atoms with Gasteiger partial charge in [0.2, 0.25) is 0 Å². The van der Waals surface area contributed by atoms with Crippen LogP contribution in [0, 0.1) is 11.3 Å². The van der Waals surface area contributed by atoms with E-state index in [4.69, 9.17) is 11.0 Å². The third-order valence-electron chi connectivity index (χ3n) is 2.24. The topological polar surface area (TPSA) is 78.8 Å². The molecule has 1 rings (SSSR count). The predicted molar refractivity (Wildman–Crippen MR) is 57.8 cm³/mol. The molecule has 0 saturated heterocycles. The fourth-order valence-electron chi connectivity index (χ4n) is 1.27. The molecule has 1 aromatic rings. The minimum Gasteiger partial charge on any atom is -0.381 e. The second-order valence-electron chi connectivity index (χ2n) is 3.17. The molecule has 80 valence electrons. The number of aromatic nitrogens is 2. The molecule has 0 fully saturated rings. The Morgan fingerprint density at radius 1 is 1.47 bits per heavy atom. The average molecular weight is 205 g/mol. The van der Waals surface area contributed by atoms with E-state index in [1.165, 1.54) is 0 Å². The maximum Gasteiger partial charge on any atom is 0.183 e. The van der Waals surface area contributed by atoms with Crippen molar-refractivity contribution in [1.29, 1.82) is 5.26 Å². The predicted octanol–water partition coefficient (Wildman–Crippen LogP) is 0.772. The normalized spacial score (nSPS) is 10.3. The fraction of sp³-hybridized carbons (Fsp3) is 0.500. The lowest BCUT2D eigenvalue weighted by Gasteiger charge is -2.17. The van der Waals surface area contributed by atoms with Crippen molar-refractivity contribution in [3.05, 3.63) is 17.6 Å². The zero-order valence-electron chi connectivity index (χ0n) is 9.06. The van der Waals surface area contributed by atoms with Crippen LogP contribution in [0.3, 0.4) is 0 Å². The van der Waals surface area contributed by atoms with Crippen molar-refractivity contribution < 1.29 is 0 Å². The summed E-state index contributed by atoms with van der Waals surface area (Å²) in [4.78, 5) is 10.3. The molecule has 0 aliphatic rings. The van der Waals surface area contributed by atoms with E-state index in [-0.39, 0.29) is 11.5 Å². The van der Waals surface area contributed by atoms with Gasteiger partial charge in [0.15, 0.2) is 11.5 Å². The number of hydrogen-bond acceptors (Lipinski definition) is 5.